The van der Waals surface area contributed by atoms with Crippen molar-refractivity contribution in [3.05, 3.63) is 0 Å². The Morgan fingerprint density at radius 2 is 0.966 bits per heavy atom. The molecule has 332 valence electrons. The molecule has 58 heavy (non-hydrogen) atoms. The van der Waals surface area contributed by atoms with Crippen LogP contribution in [-0.2, 0) is 38.4 Å². The molecule has 19 N–H and O–H groups in total. The van der Waals surface area contributed by atoms with Gasteiger partial charge in [0.1, 0.15) is 36.8 Å². The molecular formula is C34H65N13O11. The number of hydrogen-bond acceptors (Lipinski definition) is 12. The largest absolute Gasteiger partial charge is 0.481 e. The van der Waals surface area contributed by atoms with Gasteiger partial charge in [0.25, 0.3) is 5.97 Å². The van der Waals surface area contributed by atoms with E-state index in [1.807, 2.05) is 13.8 Å². The van der Waals surface area contributed by atoms with Crippen molar-refractivity contribution in [2.24, 2.45) is 50.5 Å². The lowest BCUT2D eigenvalue weighted by Gasteiger charge is -2.26. The zero-order chi connectivity index (χ0) is 45.1. The van der Waals surface area contributed by atoms with Gasteiger partial charge in [-0.3, -0.25) is 48.3 Å². The van der Waals surface area contributed by atoms with Crippen LogP contribution in [0.25, 0.3) is 0 Å². The van der Waals surface area contributed by atoms with E-state index in [4.69, 9.17) is 43.7 Å². The third-order valence-corrected chi connectivity index (χ3v) is 7.54. The first-order valence-corrected chi connectivity index (χ1v) is 18.6. The van der Waals surface area contributed by atoms with Crippen LogP contribution >= 0.6 is 0 Å². The normalized spacial score (nSPS) is 13.7. The van der Waals surface area contributed by atoms with Gasteiger partial charge in [-0.05, 0) is 57.3 Å². The number of rotatable bonds is 26. The van der Waals surface area contributed by atoms with E-state index >= 15 is 0 Å². The summed E-state index contributed by atoms with van der Waals surface area (Å²) in [5, 5.41) is 40.8. The van der Waals surface area contributed by atoms with Crippen molar-refractivity contribution < 1.29 is 53.7 Å². The minimum atomic E-state index is -1.56. The van der Waals surface area contributed by atoms with E-state index < -0.39 is 96.8 Å². The van der Waals surface area contributed by atoms with Crippen LogP contribution in [-0.4, -0.2) is 137 Å². The fourth-order valence-electron chi connectivity index (χ4n) is 4.84. The summed E-state index contributed by atoms with van der Waals surface area (Å²) in [4.78, 5) is 106. The number of carboxylic acid groups (broad SMARTS) is 2. The number of nitrogens with two attached hydrogens (primary N) is 5. The molecule has 0 spiro atoms. The minimum Gasteiger partial charge on any atom is -0.481 e. The SMILES string of the molecule is CC(=O)O.CC(C)C[C@H](NC(=O)[C@H](CO)NC(=O)[C@H](C)NC(=O)[C@H](CCCN=C(N)N)NC(=O)[C@H](CCCN=C(N)N)NC(=O)[C@@H](N)CC(C)C)C(=O)NCC(=O)O. The van der Waals surface area contributed by atoms with Gasteiger partial charge in [-0.1, -0.05) is 27.7 Å². The van der Waals surface area contributed by atoms with E-state index in [0.29, 0.717) is 6.42 Å². The number of carbonyl (C=O) groups excluding carboxylic acids is 6. The average molecular weight is 832 g/mol. The van der Waals surface area contributed by atoms with Crippen molar-refractivity contribution >= 4 is 59.3 Å². The lowest BCUT2D eigenvalue weighted by Crippen LogP contribution is -2.59. The van der Waals surface area contributed by atoms with Crippen LogP contribution in [0.3, 0.4) is 0 Å². The number of hydrogen-bond donors (Lipinski definition) is 14. The molecule has 0 aromatic carbocycles. The van der Waals surface area contributed by atoms with E-state index in [-0.39, 0.29) is 68.9 Å². The first-order chi connectivity index (χ1) is 26.9. The first kappa shape index (κ1) is 54.3. The summed E-state index contributed by atoms with van der Waals surface area (Å²) >= 11 is 0. The lowest BCUT2D eigenvalue weighted by molar-refractivity contribution is -0.139. The zero-order valence-electron chi connectivity index (χ0n) is 34.1. The van der Waals surface area contributed by atoms with E-state index in [9.17, 15) is 38.7 Å². The summed E-state index contributed by atoms with van der Waals surface area (Å²) < 4.78 is 0. The number of nitrogens with one attached hydrogen (secondary N) is 6. The number of aliphatic hydroxyl groups is 1. The Balaban J connectivity index is 0. The van der Waals surface area contributed by atoms with Crippen LogP contribution in [0.4, 0.5) is 0 Å². The van der Waals surface area contributed by atoms with Crippen molar-refractivity contribution in [3.63, 3.8) is 0 Å². The Morgan fingerprint density at radius 3 is 1.38 bits per heavy atom. The fourth-order valence-corrected chi connectivity index (χ4v) is 4.84. The molecule has 0 fully saturated rings. The monoisotopic (exact) mass is 831 g/mol. The number of aliphatic imine (C=N–C) groups is 2. The fraction of sp³-hybridized carbons (Fsp3) is 0.706. The van der Waals surface area contributed by atoms with Gasteiger partial charge < -0.3 is 75.9 Å². The van der Waals surface area contributed by atoms with Crippen LogP contribution in [0.15, 0.2) is 9.98 Å². The van der Waals surface area contributed by atoms with Crippen LogP contribution in [0.1, 0.15) is 80.1 Å². The molecule has 0 saturated heterocycles. The minimum absolute atomic E-state index is 0.00687. The first-order valence-electron chi connectivity index (χ1n) is 18.6. The van der Waals surface area contributed by atoms with E-state index in [2.05, 4.69) is 41.9 Å². The molecular weight excluding hydrogens is 766 g/mol. The average Bonchev–Trinajstić information content (AvgIpc) is 3.10. The number of carbonyl (C=O) groups is 8. The predicted octanol–water partition coefficient (Wildman–Crippen LogP) is -4.76. The Kier molecular flexibility index (Phi) is 27.6. The second kappa shape index (κ2) is 29.5. The molecule has 0 aromatic rings. The summed E-state index contributed by atoms with van der Waals surface area (Å²) in [6.45, 7) is 8.36. The van der Waals surface area contributed by atoms with Crippen molar-refractivity contribution in [2.75, 3.05) is 26.2 Å². The van der Waals surface area contributed by atoms with Gasteiger partial charge in [-0.25, -0.2) is 0 Å². The van der Waals surface area contributed by atoms with Crippen LogP contribution in [0.5, 0.6) is 0 Å². The van der Waals surface area contributed by atoms with Crippen molar-refractivity contribution in [1.29, 1.82) is 0 Å². The topological polar surface area (TPSA) is 424 Å². The standard InChI is InChI=1S/C32H61N13O9.C2H4O2/c1-16(2)12-19(33)26(50)42-21(9-7-11-39-32(36)37)29(53)43-20(8-6-10-38-31(34)35)28(52)41-18(5)25(49)45-23(15-46)30(54)44-22(13-17(3)4)27(51)40-14-24(47)48;1-2(3)4/h16-23,46H,6-15,33H2,1-5H3,(H,40,51)(H,41,52)(H,42,50)(H,43,53)(H,44,54)(H,45,49)(H,47,48)(H4,34,35,38)(H4,36,37,39);1H3,(H,3,4)/t18-,19-,20-,21-,22-,23-;/m0./s1. The smallest absolute Gasteiger partial charge is 0.322 e. The summed E-state index contributed by atoms with van der Waals surface area (Å²) in [7, 11) is 0. The van der Waals surface area contributed by atoms with Gasteiger partial charge in [-0.15, -0.1) is 0 Å². The third kappa shape index (κ3) is 26.9. The van der Waals surface area contributed by atoms with E-state index in [1.54, 1.807) is 13.8 Å². The molecule has 0 aliphatic heterocycles. The van der Waals surface area contributed by atoms with Crippen molar-refractivity contribution in [2.45, 2.75) is 116 Å². The maximum absolute atomic E-state index is 13.6. The molecule has 0 rings (SSSR count). The number of nitrogens with zero attached hydrogens (tertiary/aromatic N) is 2. The quantitative estimate of drug-likeness (QED) is 0.0221. The lowest BCUT2D eigenvalue weighted by atomic mass is 10.0. The van der Waals surface area contributed by atoms with Crippen LogP contribution in [0, 0.1) is 11.8 Å². The molecule has 0 saturated carbocycles. The predicted molar refractivity (Wildman–Crippen MR) is 213 cm³/mol. The highest BCUT2D eigenvalue weighted by molar-refractivity contribution is 5.96. The Morgan fingerprint density at radius 1 is 0.569 bits per heavy atom. The van der Waals surface area contributed by atoms with Crippen molar-refractivity contribution in [1.82, 2.24) is 31.9 Å². The van der Waals surface area contributed by atoms with Gasteiger partial charge in [0.05, 0.1) is 12.6 Å². The van der Waals surface area contributed by atoms with E-state index in [0.717, 1.165) is 6.92 Å². The molecule has 0 radical (unpaired) electrons. The van der Waals surface area contributed by atoms with E-state index in [1.165, 1.54) is 6.92 Å². The zero-order valence-corrected chi connectivity index (χ0v) is 34.1. The molecule has 0 heterocycles. The molecule has 0 aliphatic rings. The highest BCUT2D eigenvalue weighted by atomic mass is 16.4. The Hall–Kier alpha value is -5.78. The van der Waals surface area contributed by atoms with Gasteiger partial charge in [0, 0.05) is 20.0 Å². The highest BCUT2D eigenvalue weighted by Crippen LogP contribution is 2.08. The summed E-state index contributed by atoms with van der Waals surface area (Å²) in [6.07, 6.45) is 1.03. The van der Waals surface area contributed by atoms with Gasteiger partial charge >= 0.3 is 5.97 Å². The molecule has 0 unspecified atom stereocenters. The summed E-state index contributed by atoms with van der Waals surface area (Å²) in [6, 6.07) is -7.36. The summed E-state index contributed by atoms with van der Waals surface area (Å²) in [5.74, 6) is -7.21. The molecule has 0 aliphatic carbocycles. The molecule has 24 heteroatoms. The number of guanidine groups is 2. The van der Waals surface area contributed by atoms with Gasteiger partial charge in [0.15, 0.2) is 11.9 Å². The van der Waals surface area contributed by atoms with Crippen molar-refractivity contribution in [3.8, 4) is 0 Å². The third-order valence-electron chi connectivity index (χ3n) is 7.54. The molecule has 0 bridgehead atoms. The maximum Gasteiger partial charge on any atom is 0.322 e. The number of amides is 6. The number of carboxylic acids is 2. The highest BCUT2D eigenvalue weighted by Gasteiger charge is 2.31. The van der Waals surface area contributed by atoms with Crippen LogP contribution < -0.4 is 60.6 Å². The molecule has 6 atom stereocenters. The number of aliphatic carboxylic acids is 2. The van der Waals surface area contributed by atoms with Gasteiger partial charge in [0.2, 0.25) is 35.4 Å². The van der Waals surface area contributed by atoms with Crippen LogP contribution in [0.2, 0.25) is 0 Å². The second-order valence-corrected chi connectivity index (χ2v) is 14.1. The summed E-state index contributed by atoms with van der Waals surface area (Å²) in [5.41, 5.74) is 27.6. The number of aliphatic hydroxyl groups excluding tert-OH is 1. The Labute approximate surface area is 337 Å². The molecule has 24 nitrogen and oxygen atoms in total. The Bertz CT molecular complexity index is 1410. The second-order valence-electron chi connectivity index (χ2n) is 14.1. The van der Waals surface area contributed by atoms with Gasteiger partial charge in [-0.2, -0.15) is 0 Å². The molecule has 6 amide bonds. The maximum atomic E-state index is 13.6. The molecule has 0 aromatic heterocycles.